The van der Waals surface area contributed by atoms with Crippen LogP contribution in [0.3, 0.4) is 0 Å². The number of aryl methyl sites for hydroxylation is 1. The molecule has 6 heteroatoms. The number of amides is 1. The van der Waals surface area contributed by atoms with Crippen molar-refractivity contribution in [2.45, 2.75) is 6.92 Å². The maximum atomic E-state index is 13.0. The average Bonchev–Trinajstić information content (AvgIpc) is 2.37. The molecule has 0 atom stereocenters. The third-order valence-corrected chi connectivity index (χ3v) is 3.14. The van der Waals surface area contributed by atoms with Gasteiger partial charge in [-0.2, -0.15) is 0 Å². The van der Waals surface area contributed by atoms with Gasteiger partial charge in [0.15, 0.2) is 0 Å². The third-order valence-electron chi connectivity index (χ3n) is 2.45. The number of aromatic nitrogens is 1. The maximum absolute atomic E-state index is 13.0. The molecule has 1 heterocycles. The number of nitrogens with zero attached hydrogens (tertiary/aromatic N) is 1. The number of halogens is 3. The first kappa shape index (κ1) is 13.8. The van der Waals surface area contributed by atoms with E-state index in [1.807, 2.05) is 0 Å². The molecule has 0 bridgehead atoms. The predicted molar refractivity (Wildman–Crippen MR) is 73.3 cm³/mol. The minimum Gasteiger partial charge on any atom is -0.321 e. The molecule has 98 valence electrons. The Morgan fingerprint density at radius 1 is 1.32 bits per heavy atom. The molecule has 0 saturated carbocycles. The Kier molecular flexibility index (Phi) is 4.02. The van der Waals surface area contributed by atoms with Gasteiger partial charge in [0.1, 0.15) is 11.0 Å². The van der Waals surface area contributed by atoms with Crippen LogP contribution in [-0.2, 0) is 0 Å². The van der Waals surface area contributed by atoms with Gasteiger partial charge in [-0.15, -0.1) is 0 Å². The van der Waals surface area contributed by atoms with E-state index in [-0.39, 0.29) is 10.6 Å². The standard InChI is InChI=1S/C13H9Cl2FN2O/c1-7-4-9(6-17-12(7)15)18-13(19)8-2-3-11(16)10(14)5-8/h2-6H,1H3,(H,18,19). The van der Waals surface area contributed by atoms with E-state index in [0.717, 1.165) is 11.6 Å². The van der Waals surface area contributed by atoms with Crippen LogP contribution < -0.4 is 5.32 Å². The van der Waals surface area contributed by atoms with Gasteiger partial charge in [-0.3, -0.25) is 4.79 Å². The number of benzene rings is 1. The maximum Gasteiger partial charge on any atom is 0.255 e. The Labute approximate surface area is 119 Å². The normalized spacial score (nSPS) is 10.3. The second-order valence-electron chi connectivity index (χ2n) is 3.91. The van der Waals surface area contributed by atoms with Crippen molar-refractivity contribution < 1.29 is 9.18 Å². The number of rotatable bonds is 2. The van der Waals surface area contributed by atoms with Crippen LogP contribution in [0.5, 0.6) is 0 Å². The molecule has 1 aromatic heterocycles. The van der Waals surface area contributed by atoms with E-state index < -0.39 is 11.7 Å². The van der Waals surface area contributed by atoms with Crippen molar-refractivity contribution in [3.05, 3.63) is 57.6 Å². The third kappa shape index (κ3) is 3.22. The monoisotopic (exact) mass is 298 g/mol. The molecular formula is C13H9Cl2FN2O. The van der Waals surface area contributed by atoms with Crippen LogP contribution in [0.2, 0.25) is 10.2 Å². The molecule has 2 rings (SSSR count). The Morgan fingerprint density at radius 3 is 2.68 bits per heavy atom. The molecule has 3 nitrogen and oxygen atoms in total. The Balaban J connectivity index is 2.20. The van der Waals surface area contributed by atoms with Crippen molar-refractivity contribution in [1.29, 1.82) is 0 Å². The Morgan fingerprint density at radius 2 is 2.05 bits per heavy atom. The zero-order valence-electron chi connectivity index (χ0n) is 9.88. The summed E-state index contributed by atoms with van der Waals surface area (Å²) >= 11 is 11.4. The van der Waals surface area contributed by atoms with Gasteiger partial charge in [0, 0.05) is 5.56 Å². The fourth-order valence-corrected chi connectivity index (χ4v) is 1.75. The number of nitrogens with one attached hydrogen (secondary N) is 1. The van der Waals surface area contributed by atoms with Crippen LogP contribution in [0.1, 0.15) is 15.9 Å². The van der Waals surface area contributed by atoms with Crippen molar-refractivity contribution in [3.63, 3.8) is 0 Å². The van der Waals surface area contributed by atoms with Gasteiger partial charge in [-0.05, 0) is 36.8 Å². The molecule has 0 spiro atoms. The molecule has 0 fully saturated rings. The molecule has 0 aliphatic carbocycles. The number of anilines is 1. The first-order valence-corrected chi connectivity index (χ1v) is 6.11. The van der Waals surface area contributed by atoms with E-state index in [4.69, 9.17) is 23.2 Å². The minimum absolute atomic E-state index is 0.0990. The lowest BCUT2D eigenvalue weighted by molar-refractivity contribution is 0.102. The molecule has 1 aromatic carbocycles. The highest BCUT2D eigenvalue weighted by molar-refractivity contribution is 6.31. The molecule has 1 amide bonds. The molecular weight excluding hydrogens is 290 g/mol. The number of hydrogen-bond acceptors (Lipinski definition) is 2. The summed E-state index contributed by atoms with van der Waals surface area (Å²) in [5.74, 6) is -0.965. The highest BCUT2D eigenvalue weighted by Crippen LogP contribution is 2.19. The van der Waals surface area contributed by atoms with Crippen molar-refractivity contribution >= 4 is 34.8 Å². The smallest absolute Gasteiger partial charge is 0.255 e. The molecule has 0 aliphatic heterocycles. The molecule has 0 aliphatic rings. The lowest BCUT2D eigenvalue weighted by Crippen LogP contribution is -2.12. The topological polar surface area (TPSA) is 42.0 Å². The van der Waals surface area contributed by atoms with Gasteiger partial charge >= 0.3 is 0 Å². The highest BCUT2D eigenvalue weighted by atomic mass is 35.5. The van der Waals surface area contributed by atoms with E-state index >= 15 is 0 Å². The number of carbonyl (C=O) groups excluding carboxylic acids is 1. The van der Waals surface area contributed by atoms with Crippen LogP contribution in [0.25, 0.3) is 0 Å². The summed E-state index contributed by atoms with van der Waals surface area (Å²) in [6.45, 7) is 1.78. The lowest BCUT2D eigenvalue weighted by Gasteiger charge is -2.07. The van der Waals surface area contributed by atoms with E-state index in [9.17, 15) is 9.18 Å². The van der Waals surface area contributed by atoms with E-state index in [2.05, 4.69) is 10.3 Å². The summed E-state index contributed by atoms with van der Waals surface area (Å²) in [6, 6.07) is 5.45. The second-order valence-corrected chi connectivity index (χ2v) is 4.68. The van der Waals surface area contributed by atoms with Gasteiger partial charge in [-0.25, -0.2) is 9.37 Å². The first-order chi connectivity index (χ1) is 8.97. The number of carbonyl (C=O) groups is 1. The van der Waals surface area contributed by atoms with Gasteiger partial charge < -0.3 is 5.32 Å². The summed E-state index contributed by atoms with van der Waals surface area (Å²) in [4.78, 5) is 15.8. The zero-order chi connectivity index (χ0) is 14.0. The summed E-state index contributed by atoms with van der Waals surface area (Å²) in [5, 5.41) is 2.91. The Bertz CT molecular complexity index is 647. The number of hydrogen-bond donors (Lipinski definition) is 1. The van der Waals surface area contributed by atoms with E-state index in [0.29, 0.717) is 10.8 Å². The molecule has 19 heavy (non-hydrogen) atoms. The Hall–Kier alpha value is -1.65. The summed E-state index contributed by atoms with van der Waals surface area (Å²) in [5.41, 5.74) is 1.52. The molecule has 2 aromatic rings. The van der Waals surface area contributed by atoms with Crippen LogP contribution in [-0.4, -0.2) is 10.9 Å². The average molecular weight is 299 g/mol. The highest BCUT2D eigenvalue weighted by Gasteiger charge is 2.09. The van der Waals surface area contributed by atoms with E-state index in [1.165, 1.54) is 18.3 Å². The van der Waals surface area contributed by atoms with Gasteiger partial charge in [0.2, 0.25) is 0 Å². The summed E-state index contributed by atoms with van der Waals surface area (Å²) in [6.07, 6.45) is 1.44. The van der Waals surface area contributed by atoms with E-state index in [1.54, 1.807) is 13.0 Å². The summed E-state index contributed by atoms with van der Waals surface area (Å²) < 4.78 is 13.0. The van der Waals surface area contributed by atoms with Crippen LogP contribution >= 0.6 is 23.2 Å². The van der Waals surface area contributed by atoms with Crippen LogP contribution in [0.15, 0.2) is 30.5 Å². The quantitative estimate of drug-likeness (QED) is 0.849. The summed E-state index contributed by atoms with van der Waals surface area (Å²) in [7, 11) is 0. The predicted octanol–water partition coefficient (Wildman–Crippen LogP) is 4.09. The SMILES string of the molecule is Cc1cc(NC(=O)c2ccc(F)c(Cl)c2)cnc1Cl. The fraction of sp³-hybridized carbons (Fsp3) is 0.0769. The first-order valence-electron chi connectivity index (χ1n) is 5.36. The van der Waals surface area contributed by atoms with Gasteiger partial charge in [-0.1, -0.05) is 23.2 Å². The van der Waals surface area contributed by atoms with Crippen molar-refractivity contribution in [3.8, 4) is 0 Å². The van der Waals surface area contributed by atoms with Crippen LogP contribution in [0.4, 0.5) is 10.1 Å². The molecule has 0 unspecified atom stereocenters. The zero-order valence-corrected chi connectivity index (χ0v) is 11.4. The largest absolute Gasteiger partial charge is 0.321 e. The van der Waals surface area contributed by atoms with Crippen molar-refractivity contribution in [2.24, 2.45) is 0 Å². The molecule has 0 saturated heterocycles. The molecule has 1 N–H and O–H groups in total. The van der Waals surface area contributed by atoms with Crippen molar-refractivity contribution in [1.82, 2.24) is 4.98 Å². The minimum atomic E-state index is -0.567. The number of pyridine rings is 1. The second kappa shape index (κ2) is 5.55. The van der Waals surface area contributed by atoms with Crippen molar-refractivity contribution in [2.75, 3.05) is 5.32 Å². The van der Waals surface area contributed by atoms with Gasteiger partial charge in [0.05, 0.1) is 16.9 Å². The molecule has 0 radical (unpaired) electrons. The fourth-order valence-electron chi connectivity index (χ4n) is 1.47. The van der Waals surface area contributed by atoms with Crippen LogP contribution in [0, 0.1) is 12.7 Å². The van der Waals surface area contributed by atoms with Gasteiger partial charge in [0.25, 0.3) is 5.91 Å². The lowest BCUT2D eigenvalue weighted by atomic mass is 10.2.